The third kappa shape index (κ3) is 3.79. The smallest absolute Gasteiger partial charge is 0.319 e. The van der Waals surface area contributed by atoms with Gasteiger partial charge in [0.15, 0.2) is 0 Å². The molecule has 0 spiro atoms. The van der Waals surface area contributed by atoms with Crippen LogP contribution in [0.1, 0.15) is 24.3 Å². The number of nitrogens with zero attached hydrogens (tertiary/aromatic N) is 3. The van der Waals surface area contributed by atoms with Crippen molar-refractivity contribution < 1.29 is 9.59 Å². The molecule has 6 heteroatoms. The third-order valence-corrected chi connectivity index (χ3v) is 5.40. The zero-order valence-corrected chi connectivity index (χ0v) is 15.1. The van der Waals surface area contributed by atoms with Crippen LogP contribution in [0.15, 0.2) is 30.3 Å². The van der Waals surface area contributed by atoms with Crippen LogP contribution in [-0.2, 0) is 4.79 Å². The lowest BCUT2D eigenvalue weighted by atomic mass is 9.94. The number of likely N-dealkylation sites (tertiary alicyclic amines) is 2. The van der Waals surface area contributed by atoms with E-state index in [1.165, 1.54) is 5.56 Å². The molecule has 2 heterocycles. The van der Waals surface area contributed by atoms with E-state index in [0.29, 0.717) is 26.2 Å². The van der Waals surface area contributed by atoms with Crippen molar-refractivity contribution in [3.8, 4) is 0 Å². The van der Waals surface area contributed by atoms with Gasteiger partial charge < -0.3 is 20.4 Å². The second kappa shape index (κ2) is 7.44. The van der Waals surface area contributed by atoms with Gasteiger partial charge in [-0.2, -0.15) is 0 Å². The molecule has 0 radical (unpaired) electrons. The zero-order chi connectivity index (χ0) is 18.0. The fraction of sp³-hybridized carbons (Fsp3) is 0.579. The Morgan fingerprint density at radius 1 is 1.04 bits per heavy atom. The Hall–Kier alpha value is -2.08. The van der Waals surface area contributed by atoms with Crippen molar-refractivity contribution in [1.29, 1.82) is 0 Å². The van der Waals surface area contributed by atoms with Gasteiger partial charge in [-0.1, -0.05) is 30.3 Å². The molecule has 2 N–H and O–H groups in total. The fourth-order valence-electron chi connectivity index (χ4n) is 3.92. The van der Waals surface area contributed by atoms with Gasteiger partial charge >= 0.3 is 6.03 Å². The quantitative estimate of drug-likeness (QED) is 0.880. The van der Waals surface area contributed by atoms with Crippen molar-refractivity contribution in [1.82, 2.24) is 14.7 Å². The summed E-state index contributed by atoms with van der Waals surface area (Å²) in [6.07, 6.45) is 1.47. The first-order chi connectivity index (χ1) is 12.0. The number of nitrogens with two attached hydrogens (primary N) is 1. The summed E-state index contributed by atoms with van der Waals surface area (Å²) >= 11 is 0. The van der Waals surface area contributed by atoms with Crippen LogP contribution in [0.5, 0.6) is 0 Å². The van der Waals surface area contributed by atoms with Crippen molar-refractivity contribution in [3.05, 3.63) is 35.9 Å². The zero-order valence-electron chi connectivity index (χ0n) is 15.1. The van der Waals surface area contributed by atoms with Crippen molar-refractivity contribution in [3.63, 3.8) is 0 Å². The topological polar surface area (TPSA) is 69.9 Å². The van der Waals surface area contributed by atoms with Crippen LogP contribution in [-0.4, -0.2) is 73.0 Å². The summed E-state index contributed by atoms with van der Waals surface area (Å²) in [7, 11) is 3.52. The third-order valence-electron chi connectivity index (χ3n) is 5.40. The van der Waals surface area contributed by atoms with Crippen LogP contribution in [0.25, 0.3) is 0 Å². The van der Waals surface area contributed by atoms with Crippen LogP contribution < -0.4 is 5.73 Å². The number of hydrogen-bond acceptors (Lipinski definition) is 3. The van der Waals surface area contributed by atoms with Gasteiger partial charge in [-0.3, -0.25) is 4.79 Å². The molecule has 1 aromatic rings. The highest BCUT2D eigenvalue weighted by Crippen LogP contribution is 2.29. The number of amides is 3. The number of piperidine rings is 1. The molecule has 2 aliphatic rings. The highest BCUT2D eigenvalue weighted by molar-refractivity contribution is 5.80. The molecule has 25 heavy (non-hydrogen) atoms. The molecule has 2 fully saturated rings. The average molecular weight is 344 g/mol. The molecule has 3 amide bonds. The van der Waals surface area contributed by atoms with Crippen LogP contribution in [0.3, 0.4) is 0 Å². The predicted octanol–water partition coefficient (Wildman–Crippen LogP) is 1.33. The maximum absolute atomic E-state index is 12.9. The molecule has 136 valence electrons. The number of rotatable bonds is 2. The molecule has 0 aliphatic carbocycles. The molecule has 6 nitrogen and oxygen atoms in total. The summed E-state index contributed by atoms with van der Waals surface area (Å²) in [4.78, 5) is 30.2. The Morgan fingerprint density at radius 2 is 1.68 bits per heavy atom. The highest BCUT2D eigenvalue weighted by Gasteiger charge is 2.37. The molecule has 2 aliphatic heterocycles. The summed E-state index contributed by atoms with van der Waals surface area (Å²) in [6, 6.07) is 10.2. The van der Waals surface area contributed by atoms with Gasteiger partial charge in [-0.25, -0.2) is 4.79 Å². The molecule has 0 aromatic heterocycles. The fourth-order valence-corrected chi connectivity index (χ4v) is 3.92. The Balaban J connectivity index is 1.57. The van der Waals surface area contributed by atoms with Gasteiger partial charge in [0.1, 0.15) is 0 Å². The lowest BCUT2D eigenvalue weighted by Crippen LogP contribution is -2.47. The molecule has 0 bridgehead atoms. The van der Waals surface area contributed by atoms with Crippen molar-refractivity contribution in [2.45, 2.75) is 24.8 Å². The van der Waals surface area contributed by atoms with Crippen LogP contribution in [0.4, 0.5) is 4.79 Å². The molecule has 0 saturated carbocycles. The first kappa shape index (κ1) is 17.7. The summed E-state index contributed by atoms with van der Waals surface area (Å²) in [6.45, 7) is 2.61. The monoisotopic (exact) mass is 344 g/mol. The number of urea groups is 1. The minimum Gasteiger partial charge on any atom is -0.340 e. The Labute approximate surface area is 149 Å². The van der Waals surface area contributed by atoms with Crippen molar-refractivity contribution >= 4 is 11.9 Å². The lowest BCUT2D eigenvalue weighted by Gasteiger charge is -2.34. The first-order valence-electron chi connectivity index (χ1n) is 9.03. The van der Waals surface area contributed by atoms with E-state index in [2.05, 4.69) is 12.1 Å². The van der Waals surface area contributed by atoms with Gasteiger partial charge in [0, 0.05) is 58.2 Å². The molecular formula is C19H28N4O2. The lowest BCUT2D eigenvalue weighted by molar-refractivity contribution is -0.135. The van der Waals surface area contributed by atoms with Crippen LogP contribution in [0, 0.1) is 5.92 Å². The number of hydrogen-bond donors (Lipinski definition) is 1. The molecular weight excluding hydrogens is 316 g/mol. The second-order valence-electron chi connectivity index (χ2n) is 7.36. The number of carbonyl (C=O) groups is 2. The van der Waals surface area contributed by atoms with E-state index < -0.39 is 0 Å². The molecule has 0 unspecified atom stereocenters. The van der Waals surface area contributed by atoms with E-state index in [9.17, 15) is 9.59 Å². The molecule has 1 aromatic carbocycles. The van der Waals surface area contributed by atoms with Crippen LogP contribution >= 0.6 is 0 Å². The molecule has 2 atom stereocenters. The van der Waals surface area contributed by atoms with Crippen molar-refractivity contribution in [2.24, 2.45) is 11.7 Å². The standard InChI is InChI=1S/C19H28N4O2/c1-21(2)19(25)22-10-8-15(9-11-22)18(24)23-12-16(17(20)13-23)14-6-4-3-5-7-14/h3-7,15-17H,8-13,20H2,1-2H3/t16-,17+/m0/s1. The Bertz CT molecular complexity index is 611. The number of benzene rings is 1. The van der Waals surface area contributed by atoms with E-state index in [-0.39, 0.29) is 29.8 Å². The summed E-state index contributed by atoms with van der Waals surface area (Å²) < 4.78 is 0. The Kier molecular flexibility index (Phi) is 5.27. The summed E-state index contributed by atoms with van der Waals surface area (Å²) in [5, 5.41) is 0. The maximum Gasteiger partial charge on any atom is 0.319 e. The van der Waals surface area contributed by atoms with E-state index in [1.807, 2.05) is 28.0 Å². The van der Waals surface area contributed by atoms with Gasteiger partial charge in [0.05, 0.1) is 0 Å². The summed E-state index contributed by atoms with van der Waals surface area (Å²) in [5.41, 5.74) is 7.52. The molecule has 2 saturated heterocycles. The van der Waals surface area contributed by atoms with E-state index >= 15 is 0 Å². The van der Waals surface area contributed by atoms with Gasteiger partial charge in [0.25, 0.3) is 0 Å². The minimum absolute atomic E-state index is 0.00735. The average Bonchev–Trinajstić information content (AvgIpc) is 3.03. The minimum atomic E-state index is -0.0123. The first-order valence-corrected chi connectivity index (χ1v) is 9.03. The van der Waals surface area contributed by atoms with Gasteiger partial charge in [-0.15, -0.1) is 0 Å². The van der Waals surface area contributed by atoms with Gasteiger partial charge in [-0.05, 0) is 18.4 Å². The maximum atomic E-state index is 12.9. The summed E-state index contributed by atoms with van der Waals surface area (Å²) in [5.74, 6) is 0.416. The molecule has 3 rings (SSSR count). The van der Waals surface area contributed by atoms with E-state index in [4.69, 9.17) is 5.73 Å². The van der Waals surface area contributed by atoms with E-state index in [0.717, 1.165) is 12.8 Å². The highest BCUT2D eigenvalue weighted by atomic mass is 16.2. The largest absolute Gasteiger partial charge is 0.340 e. The predicted molar refractivity (Wildman–Crippen MR) is 97.1 cm³/mol. The van der Waals surface area contributed by atoms with E-state index in [1.54, 1.807) is 19.0 Å². The normalized spacial score (nSPS) is 24.4. The number of carbonyl (C=O) groups excluding carboxylic acids is 2. The van der Waals surface area contributed by atoms with Crippen LogP contribution in [0.2, 0.25) is 0 Å². The van der Waals surface area contributed by atoms with Gasteiger partial charge in [0.2, 0.25) is 5.91 Å². The SMILES string of the molecule is CN(C)C(=O)N1CCC(C(=O)N2C[C@@H](N)[C@H](c3ccccc3)C2)CC1. The second-order valence-corrected chi connectivity index (χ2v) is 7.36. The Morgan fingerprint density at radius 3 is 2.28 bits per heavy atom. The van der Waals surface area contributed by atoms with Crippen molar-refractivity contribution in [2.75, 3.05) is 40.3 Å².